The summed E-state index contributed by atoms with van der Waals surface area (Å²) in [6.45, 7) is 0. The quantitative estimate of drug-likeness (QED) is 0.118. The third kappa shape index (κ3) is 10.4. The second-order valence-corrected chi connectivity index (χ2v) is 18.3. The zero-order valence-corrected chi connectivity index (χ0v) is 31.4. The number of hydrogen-bond donors (Lipinski definition) is 1. The summed E-state index contributed by atoms with van der Waals surface area (Å²) in [6.07, 6.45) is 23.7. The van der Waals surface area contributed by atoms with Crippen LogP contribution in [0.4, 0.5) is 5.69 Å². The first-order valence-electron chi connectivity index (χ1n) is 16.9. The molecule has 0 amide bonds. The number of likely N-dealkylation sites (N-methyl/N-ethyl adjacent to an activating group) is 1. The van der Waals surface area contributed by atoms with Crippen LogP contribution in [0.2, 0.25) is 0 Å². The first-order chi connectivity index (χ1) is 22.5. The topological polar surface area (TPSA) is 86.5 Å². The molecule has 5 nitrogen and oxygen atoms in total. The van der Waals surface area contributed by atoms with Crippen molar-refractivity contribution in [1.29, 1.82) is 0 Å². The van der Waals surface area contributed by atoms with Gasteiger partial charge in [-0.3, -0.25) is 4.90 Å². The Labute approximate surface area is 296 Å². The molecule has 3 aliphatic rings. The maximum absolute atomic E-state index is 9.08. The van der Waals surface area contributed by atoms with Crippen molar-refractivity contribution in [3.05, 3.63) is 103 Å². The molecule has 0 saturated heterocycles. The molecule has 0 spiro atoms. The van der Waals surface area contributed by atoms with Gasteiger partial charge >= 0.3 is 94.3 Å². The normalized spacial score (nSPS) is 20.6. The molecule has 1 unspecified atom stereocenters. The zero-order valence-electron chi connectivity index (χ0n) is 28.1. The van der Waals surface area contributed by atoms with Crippen LogP contribution < -0.4 is 9.77 Å². The predicted octanol–water partition coefficient (Wildman–Crippen LogP) is 8.70. The molecule has 256 valence electrons. The summed E-state index contributed by atoms with van der Waals surface area (Å²) in [5.74, 6) is 0. The zero-order chi connectivity index (χ0) is 33.9. The molecule has 0 bridgehead atoms. The van der Waals surface area contributed by atoms with Gasteiger partial charge in [0.2, 0.25) is 0 Å². The van der Waals surface area contributed by atoms with Crippen LogP contribution in [-0.2, 0) is 29.3 Å². The number of nitrogens with two attached hydrogens (primary N) is 1. The number of benzene rings is 3. The van der Waals surface area contributed by atoms with Crippen molar-refractivity contribution in [2.24, 2.45) is 0 Å². The molecule has 8 heteroatoms. The molecule has 1 atom stereocenters. The van der Waals surface area contributed by atoms with E-state index >= 15 is 0 Å². The molecule has 6 rings (SSSR count). The maximum atomic E-state index is 9.08. The molecule has 2 fully saturated rings. The van der Waals surface area contributed by atoms with Crippen LogP contribution in [0, 0.1) is 0 Å². The van der Waals surface area contributed by atoms with E-state index in [0.29, 0.717) is 6.26 Å². The van der Waals surface area contributed by atoms with E-state index in [4.69, 9.17) is 18.7 Å². The molecular weight excluding hydrogens is 714 g/mol. The Hall–Kier alpha value is -2.10. The van der Waals surface area contributed by atoms with Gasteiger partial charge in [0.25, 0.3) is 0 Å². The van der Waals surface area contributed by atoms with Crippen molar-refractivity contribution in [2.45, 2.75) is 87.2 Å². The number of nitrogens with zero attached hydrogens (tertiary/aromatic N) is 1. The van der Waals surface area contributed by atoms with E-state index in [1.807, 2.05) is 42.5 Å². The number of anilines is 1. The molecule has 0 aliphatic heterocycles. The van der Waals surface area contributed by atoms with Crippen LogP contribution in [0.25, 0.3) is 16.7 Å². The van der Waals surface area contributed by atoms with Crippen LogP contribution in [0.1, 0.15) is 76.2 Å². The Morgan fingerprint density at radius 2 is 1.28 bits per heavy atom. The molecule has 3 aliphatic carbocycles. The van der Waals surface area contributed by atoms with E-state index in [-0.39, 0.29) is 13.2 Å². The van der Waals surface area contributed by atoms with E-state index in [0.717, 1.165) is 32.2 Å². The summed E-state index contributed by atoms with van der Waals surface area (Å²) < 4.78 is 28.3. The van der Waals surface area contributed by atoms with Gasteiger partial charge in [-0.1, -0.05) is 95.0 Å². The van der Waals surface area contributed by atoms with Gasteiger partial charge in [0.15, 0.2) is 0 Å². The molecule has 3 aromatic carbocycles. The first-order valence-corrected chi connectivity index (χ1v) is 21.0. The second kappa shape index (κ2) is 18.1. The Kier molecular flexibility index (Phi) is 14.5. The fourth-order valence-electron chi connectivity index (χ4n) is 7.51. The fourth-order valence-corrected chi connectivity index (χ4v) is 12.9. The second-order valence-electron chi connectivity index (χ2n) is 13.0. The van der Waals surface area contributed by atoms with Crippen LogP contribution in [0.5, 0.6) is 0 Å². The van der Waals surface area contributed by atoms with Crippen LogP contribution in [0.15, 0.2) is 97.1 Å². The van der Waals surface area contributed by atoms with Gasteiger partial charge in [-0.05, 0) is 68.7 Å². The summed E-state index contributed by atoms with van der Waals surface area (Å²) >= 11 is 3.23. The average Bonchev–Trinajstić information content (AvgIpc) is 3.07. The predicted molar refractivity (Wildman–Crippen MR) is 197 cm³/mol. The van der Waals surface area contributed by atoms with Gasteiger partial charge in [-0.2, -0.15) is 0 Å². The SMILES string of the molecule is CN(C)C1(P(C2CCCCC2)C2CCCCC2)CC=CC=C1c1ccccc1.CS(=O)(=O)[O-].Nc1ccccc1-c1cccc[c]1[Pd+]. The van der Waals surface area contributed by atoms with Crippen molar-refractivity contribution >= 4 is 33.3 Å². The number of para-hydroxylation sites is 1. The van der Waals surface area contributed by atoms with Gasteiger partial charge in [0.1, 0.15) is 0 Å². The summed E-state index contributed by atoms with van der Waals surface area (Å²) in [5.41, 5.74) is 13.9. The van der Waals surface area contributed by atoms with Crippen LogP contribution in [0.3, 0.4) is 0 Å². The molecule has 3 aromatic rings. The standard InChI is InChI=1S/C26H38NP.C12H10N.CH4O3S.Pd/c1-27(2)26(21-13-12-20-25(26)22-14-6-3-7-15-22)28(23-16-8-4-9-17-23)24-18-10-5-11-19-24;13-12-9-5-4-8-11(12)10-6-2-1-3-7-10;1-5(2,3)4;/h3,6-7,12-15,20,23-24H,4-5,8-11,16-19,21H2,1-2H3;1-6,8-9H,13H2;1H3,(H,2,3,4);/q;;;+1/p-1. The van der Waals surface area contributed by atoms with Crippen molar-refractivity contribution < 1.29 is 32.2 Å². The van der Waals surface area contributed by atoms with Crippen molar-refractivity contribution in [3.8, 4) is 11.1 Å². The Morgan fingerprint density at radius 3 is 1.79 bits per heavy atom. The van der Waals surface area contributed by atoms with Gasteiger partial charge in [0, 0.05) is 6.26 Å². The molecule has 0 heterocycles. The van der Waals surface area contributed by atoms with Crippen LogP contribution >= 0.6 is 7.92 Å². The summed E-state index contributed by atoms with van der Waals surface area (Å²) in [7, 11) is 0.732. The molecule has 0 radical (unpaired) electrons. The van der Waals surface area contributed by atoms with Gasteiger partial charge in [-0.15, -0.1) is 0 Å². The van der Waals surface area contributed by atoms with E-state index in [1.54, 1.807) is 5.57 Å². The number of allylic oxidation sites excluding steroid dienone is 2. The minimum atomic E-state index is -3.92. The Morgan fingerprint density at radius 1 is 0.787 bits per heavy atom. The monoisotopic (exact) mass is 764 g/mol. The van der Waals surface area contributed by atoms with E-state index < -0.39 is 10.1 Å². The summed E-state index contributed by atoms with van der Waals surface area (Å²) in [5, 5.41) is 0.204. The van der Waals surface area contributed by atoms with Crippen molar-refractivity contribution in [2.75, 3.05) is 26.1 Å². The average molecular weight is 765 g/mol. The molecule has 2 saturated carbocycles. The van der Waals surface area contributed by atoms with Crippen molar-refractivity contribution in [3.63, 3.8) is 0 Å². The molecular formula is C39H51N2O3PPdS. The van der Waals surface area contributed by atoms with E-state index in [1.165, 1.54) is 76.2 Å². The number of nitrogen functional groups attached to an aromatic ring is 1. The Bertz CT molecular complexity index is 1510. The third-order valence-corrected chi connectivity index (χ3v) is 14.5. The van der Waals surface area contributed by atoms with Gasteiger partial charge < -0.3 is 4.55 Å². The molecule has 47 heavy (non-hydrogen) atoms. The molecule has 0 aromatic heterocycles. The third-order valence-electron chi connectivity index (χ3n) is 9.52. The van der Waals surface area contributed by atoms with Gasteiger partial charge in [-0.25, -0.2) is 8.42 Å². The van der Waals surface area contributed by atoms with Crippen LogP contribution in [-0.4, -0.2) is 54.8 Å². The van der Waals surface area contributed by atoms with E-state index in [9.17, 15) is 0 Å². The minimum absolute atomic E-state index is 0.0954. The summed E-state index contributed by atoms with van der Waals surface area (Å²) in [4.78, 5) is 2.64. The van der Waals surface area contributed by atoms with Gasteiger partial charge in [0.05, 0.1) is 15.4 Å². The number of rotatable bonds is 6. The fraction of sp³-hybridized carbons (Fsp3) is 0.436. The summed E-state index contributed by atoms with van der Waals surface area (Å²) in [6, 6.07) is 27.3. The Balaban J connectivity index is 0.000000218. The van der Waals surface area contributed by atoms with Crippen molar-refractivity contribution in [1.82, 2.24) is 4.90 Å². The molecule has 2 N–H and O–H groups in total. The first kappa shape index (κ1) is 37.7. The van der Waals surface area contributed by atoms with E-state index in [2.05, 4.69) is 92.8 Å². The number of hydrogen-bond acceptors (Lipinski definition) is 5.